The van der Waals surface area contributed by atoms with Gasteiger partial charge in [0.2, 0.25) is 0 Å². The Morgan fingerprint density at radius 3 is 2.86 bits per heavy atom. The summed E-state index contributed by atoms with van der Waals surface area (Å²) < 4.78 is 1.69. The summed E-state index contributed by atoms with van der Waals surface area (Å²) in [6.07, 6.45) is 4.30. The molecule has 0 unspecified atom stereocenters. The zero-order valence-corrected chi connectivity index (χ0v) is 13.4. The van der Waals surface area contributed by atoms with E-state index in [-0.39, 0.29) is 6.03 Å². The van der Waals surface area contributed by atoms with Crippen molar-refractivity contribution in [1.29, 1.82) is 0 Å². The molecule has 7 heteroatoms. The Labute approximate surface area is 130 Å². The van der Waals surface area contributed by atoms with E-state index >= 15 is 0 Å². The second-order valence-corrected chi connectivity index (χ2v) is 5.22. The van der Waals surface area contributed by atoms with E-state index in [4.69, 9.17) is 0 Å². The third-order valence-corrected chi connectivity index (χ3v) is 3.23. The number of carbonyl (C=O) groups excluding carboxylic acids is 1. The molecule has 0 fully saturated rings. The molecule has 0 aliphatic rings. The molecule has 0 saturated heterocycles. The third kappa shape index (κ3) is 3.97. The predicted octanol–water partition coefficient (Wildman–Crippen LogP) is 1.77. The molecule has 2 N–H and O–H groups in total. The highest BCUT2D eigenvalue weighted by molar-refractivity contribution is 5.89. The van der Waals surface area contributed by atoms with Crippen molar-refractivity contribution in [1.82, 2.24) is 20.1 Å². The zero-order chi connectivity index (χ0) is 16.1. The first kappa shape index (κ1) is 15.8. The van der Waals surface area contributed by atoms with E-state index in [0.29, 0.717) is 6.54 Å². The van der Waals surface area contributed by atoms with Gasteiger partial charge in [-0.3, -0.25) is 9.67 Å². The number of nitrogens with zero attached hydrogens (tertiary/aromatic N) is 4. The molecule has 0 aliphatic carbocycles. The van der Waals surface area contributed by atoms with Crippen molar-refractivity contribution >= 4 is 17.4 Å². The molecule has 2 rings (SSSR count). The van der Waals surface area contributed by atoms with Crippen molar-refractivity contribution in [3.8, 4) is 0 Å². The Bertz CT molecular complexity index is 649. The molecule has 2 heterocycles. The third-order valence-electron chi connectivity index (χ3n) is 3.23. The lowest BCUT2D eigenvalue weighted by Crippen LogP contribution is -2.28. The quantitative estimate of drug-likeness (QED) is 0.882. The molecule has 0 aliphatic heterocycles. The van der Waals surface area contributed by atoms with E-state index < -0.39 is 0 Å². The van der Waals surface area contributed by atoms with Crippen LogP contribution in [0.15, 0.2) is 24.5 Å². The Balaban J connectivity index is 1.94. The lowest BCUT2D eigenvalue weighted by Gasteiger charge is -2.13. The van der Waals surface area contributed by atoms with Gasteiger partial charge in [0.15, 0.2) is 0 Å². The van der Waals surface area contributed by atoms with Crippen molar-refractivity contribution in [2.45, 2.75) is 19.9 Å². The molecule has 7 nitrogen and oxygen atoms in total. The highest BCUT2D eigenvalue weighted by Crippen LogP contribution is 2.14. The van der Waals surface area contributed by atoms with E-state index in [2.05, 4.69) is 20.7 Å². The van der Waals surface area contributed by atoms with Crippen molar-refractivity contribution in [2.24, 2.45) is 7.05 Å². The van der Waals surface area contributed by atoms with Crippen LogP contribution >= 0.6 is 0 Å². The first-order chi connectivity index (χ1) is 10.5. The second kappa shape index (κ2) is 6.93. The summed E-state index contributed by atoms with van der Waals surface area (Å²) in [5.74, 6) is 0. The fourth-order valence-electron chi connectivity index (χ4n) is 2.08. The molecular formula is C15H22N6O. The van der Waals surface area contributed by atoms with Crippen molar-refractivity contribution in [3.05, 3.63) is 35.9 Å². The van der Waals surface area contributed by atoms with Gasteiger partial charge in [0.25, 0.3) is 0 Å². The van der Waals surface area contributed by atoms with Gasteiger partial charge in [-0.15, -0.1) is 0 Å². The van der Waals surface area contributed by atoms with E-state index in [1.54, 1.807) is 17.1 Å². The van der Waals surface area contributed by atoms with Crippen LogP contribution in [0.1, 0.15) is 18.3 Å². The minimum Gasteiger partial charge on any atom is -0.378 e. The summed E-state index contributed by atoms with van der Waals surface area (Å²) in [6, 6.07) is 3.61. The number of aryl methyl sites for hydroxylation is 2. The van der Waals surface area contributed by atoms with Gasteiger partial charge >= 0.3 is 6.03 Å². The van der Waals surface area contributed by atoms with Gasteiger partial charge in [-0.25, -0.2) is 4.79 Å². The van der Waals surface area contributed by atoms with Crippen LogP contribution in [0.2, 0.25) is 0 Å². The van der Waals surface area contributed by atoms with Crippen LogP contribution in [0.5, 0.6) is 0 Å². The standard InChI is InChI=1S/C15H22N6O/c1-5-13-14(10-21(4)19-13)18-15(22)17-9-11-8-12(20(2)3)6-7-16-11/h6-8,10H,5,9H2,1-4H3,(H2,17,18,22). The number of hydrogen-bond acceptors (Lipinski definition) is 4. The monoisotopic (exact) mass is 302 g/mol. The largest absolute Gasteiger partial charge is 0.378 e. The molecule has 22 heavy (non-hydrogen) atoms. The molecular weight excluding hydrogens is 280 g/mol. The Morgan fingerprint density at radius 2 is 2.18 bits per heavy atom. The topological polar surface area (TPSA) is 75.1 Å². The van der Waals surface area contributed by atoms with Crippen LogP contribution in [-0.2, 0) is 20.0 Å². The highest BCUT2D eigenvalue weighted by atomic mass is 16.2. The molecule has 0 aromatic carbocycles. The number of rotatable bonds is 5. The average Bonchev–Trinajstić information content (AvgIpc) is 2.85. The van der Waals surface area contributed by atoms with Crippen LogP contribution in [0.25, 0.3) is 0 Å². The SMILES string of the molecule is CCc1nn(C)cc1NC(=O)NCc1cc(N(C)C)ccn1. The molecule has 2 aromatic rings. The van der Waals surface area contributed by atoms with Crippen LogP contribution in [-0.4, -0.2) is 34.9 Å². The number of amides is 2. The molecule has 2 aromatic heterocycles. The zero-order valence-electron chi connectivity index (χ0n) is 13.4. The summed E-state index contributed by atoms with van der Waals surface area (Å²) in [7, 11) is 5.76. The Hall–Kier alpha value is -2.57. The fraction of sp³-hybridized carbons (Fsp3) is 0.400. The number of nitrogens with one attached hydrogen (secondary N) is 2. The number of anilines is 2. The van der Waals surface area contributed by atoms with E-state index in [0.717, 1.165) is 29.2 Å². The summed E-state index contributed by atoms with van der Waals surface area (Å²) in [6.45, 7) is 2.37. The van der Waals surface area contributed by atoms with Crippen molar-refractivity contribution in [3.63, 3.8) is 0 Å². The lowest BCUT2D eigenvalue weighted by molar-refractivity contribution is 0.251. The number of carbonyl (C=O) groups is 1. The average molecular weight is 302 g/mol. The smallest absolute Gasteiger partial charge is 0.319 e. The van der Waals surface area contributed by atoms with E-state index in [1.165, 1.54) is 0 Å². The minimum absolute atomic E-state index is 0.264. The Morgan fingerprint density at radius 1 is 1.41 bits per heavy atom. The van der Waals surface area contributed by atoms with Gasteiger partial charge in [-0.1, -0.05) is 6.92 Å². The van der Waals surface area contributed by atoms with Crippen molar-refractivity contribution < 1.29 is 4.79 Å². The number of hydrogen-bond donors (Lipinski definition) is 2. The number of pyridine rings is 1. The highest BCUT2D eigenvalue weighted by Gasteiger charge is 2.09. The summed E-state index contributed by atoms with van der Waals surface area (Å²) in [4.78, 5) is 18.2. The minimum atomic E-state index is -0.264. The van der Waals surface area contributed by atoms with Gasteiger partial charge < -0.3 is 15.5 Å². The lowest BCUT2D eigenvalue weighted by atomic mass is 10.3. The van der Waals surface area contributed by atoms with Gasteiger partial charge in [-0.2, -0.15) is 5.10 Å². The maximum Gasteiger partial charge on any atom is 0.319 e. The Kier molecular flexibility index (Phi) is 4.98. The summed E-state index contributed by atoms with van der Waals surface area (Å²) in [5.41, 5.74) is 3.46. The predicted molar refractivity (Wildman–Crippen MR) is 87.0 cm³/mol. The van der Waals surface area contributed by atoms with Gasteiger partial charge in [-0.05, 0) is 18.6 Å². The van der Waals surface area contributed by atoms with Crippen molar-refractivity contribution in [2.75, 3.05) is 24.3 Å². The van der Waals surface area contributed by atoms with Crippen LogP contribution < -0.4 is 15.5 Å². The van der Waals surface area contributed by atoms with Crippen LogP contribution in [0, 0.1) is 0 Å². The molecule has 0 bridgehead atoms. The van der Waals surface area contributed by atoms with Gasteiger partial charge in [0.1, 0.15) is 0 Å². The fourth-order valence-corrected chi connectivity index (χ4v) is 2.08. The maximum absolute atomic E-state index is 12.0. The molecule has 0 radical (unpaired) electrons. The maximum atomic E-state index is 12.0. The normalized spacial score (nSPS) is 10.4. The molecule has 0 spiro atoms. The van der Waals surface area contributed by atoms with E-state index in [9.17, 15) is 4.79 Å². The van der Waals surface area contributed by atoms with Crippen LogP contribution in [0.3, 0.4) is 0 Å². The first-order valence-corrected chi connectivity index (χ1v) is 7.19. The second-order valence-electron chi connectivity index (χ2n) is 5.22. The number of aromatic nitrogens is 3. The molecule has 2 amide bonds. The summed E-state index contributed by atoms with van der Waals surface area (Å²) >= 11 is 0. The van der Waals surface area contributed by atoms with Crippen LogP contribution in [0.4, 0.5) is 16.2 Å². The van der Waals surface area contributed by atoms with Gasteiger partial charge in [0, 0.05) is 39.2 Å². The first-order valence-electron chi connectivity index (χ1n) is 7.19. The van der Waals surface area contributed by atoms with E-state index in [1.807, 2.05) is 45.1 Å². The molecule has 0 saturated carbocycles. The molecule has 0 atom stereocenters. The number of urea groups is 1. The van der Waals surface area contributed by atoms with Gasteiger partial charge in [0.05, 0.1) is 23.6 Å². The summed E-state index contributed by atoms with van der Waals surface area (Å²) in [5, 5.41) is 9.91. The molecule has 118 valence electrons.